The highest BCUT2D eigenvalue weighted by atomic mass is 15.2. The molecule has 1 aliphatic rings. The predicted octanol–water partition coefficient (Wildman–Crippen LogP) is 2.88. The smallest absolute Gasteiger partial charge is 0.0120 e. The van der Waals surface area contributed by atoms with Gasteiger partial charge < -0.3 is 5.32 Å². The van der Waals surface area contributed by atoms with E-state index in [1.807, 2.05) is 0 Å². The average Bonchev–Trinajstić information content (AvgIpc) is 2.30. The minimum atomic E-state index is 0.720. The Hall–Kier alpha value is -0.0800. The van der Waals surface area contributed by atoms with Crippen molar-refractivity contribution in [1.29, 1.82) is 0 Å². The molecule has 1 heterocycles. The highest BCUT2D eigenvalue weighted by Gasteiger charge is 2.33. The second kappa shape index (κ2) is 6.61. The van der Waals surface area contributed by atoms with Crippen LogP contribution in [-0.4, -0.2) is 36.1 Å². The van der Waals surface area contributed by atoms with Gasteiger partial charge in [-0.3, -0.25) is 4.90 Å². The number of rotatable bonds is 5. The van der Waals surface area contributed by atoms with E-state index in [9.17, 15) is 0 Å². The van der Waals surface area contributed by atoms with Crippen LogP contribution in [-0.2, 0) is 0 Å². The van der Waals surface area contributed by atoms with Gasteiger partial charge in [-0.15, -0.1) is 0 Å². The van der Waals surface area contributed by atoms with E-state index in [-0.39, 0.29) is 0 Å². The summed E-state index contributed by atoms with van der Waals surface area (Å²) in [7, 11) is 0. The minimum Gasteiger partial charge on any atom is -0.314 e. The van der Waals surface area contributed by atoms with Gasteiger partial charge in [0.15, 0.2) is 0 Å². The Morgan fingerprint density at radius 3 is 2.56 bits per heavy atom. The van der Waals surface area contributed by atoms with E-state index in [0.29, 0.717) is 0 Å². The fourth-order valence-electron chi connectivity index (χ4n) is 2.87. The van der Waals surface area contributed by atoms with Crippen LogP contribution in [0.5, 0.6) is 0 Å². The van der Waals surface area contributed by atoms with Crippen molar-refractivity contribution in [3.05, 3.63) is 0 Å². The van der Waals surface area contributed by atoms with Gasteiger partial charge in [0, 0.05) is 24.7 Å². The van der Waals surface area contributed by atoms with Crippen LogP contribution in [0.2, 0.25) is 0 Å². The summed E-state index contributed by atoms with van der Waals surface area (Å²) in [4.78, 5) is 2.69. The van der Waals surface area contributed by atoms with E-state index in [0.717, 1.165) is 24.0 Å². The molecule has 1 N–H and O–H groups in total. The van der Waals surface area contributed by atoms with Gasteiger partial charge in [0.1, 0.15) is 0 Å². The van der Waals surface area contributed by atoms with Crippen molar-refractivity contribution < 1.29 is 0 Å². The molecular formula is C14H30N2. The molecule has 0 spiro atoms. The first kappa shape index (κ1) is 14.0. The third kappa shape index (κ3) is 3.21. The van der Waals surface area contributed by atoms with E-state index in [1.165, 1.54) is 32.4 Å². The Bertz CT molecular complexity index is 193. The molecule has 96 valence electrons. The summed E-state index contributed by atoms with van der Waals surface area (Å²) in [5.74, 6) is 0.772. The molecule has 2 nitrogen and oxygen atoms in total. The SMILES string of the molecule is CCCNC1CCN(C(C)CC)C(C)C1C. The fourth-order valence-corrected chi connectivity index (χ4v) is 2.87. The van der Waals surface area contributed by atoms with Crippen molar-refractivity contribution in [3.63, 3.8) is 0 Å². The van der Waals surface area contributed by atoms with Crippen molar-refractivity contribution in [2.45, 2.75) is 72.0 Å². The molecule has 0 aliphatic carbocycles. The number of nitrogens with zero attached hydrogens (tertiary/aromatic N) is 1. The lowest BCUT2D eigenvalue weighted by Gasteiger charge is -2.45. The van der Waals surface area contributed by atoms with Gasteiger partial charge in [0.05, 0.1) is 0 Å². The zero-order valence-electron chi connectivity index (χ0n) is 11.8. The van der Waals surface area contributed by atoms with Crippen molar-refractivity contribution in [1.82, 2.24) is 10.2 Å². The third-order valence-electron chi connectivity index (χ3n) is 4.43. The Kier molecular flexibility index (Phi) is 5.77. The first-order chi connectivity index (χ1) is 7.61. The van der Waals surface area contributed by atoms with Gasteiger partial charge >= 0.3 is 0 Å². The molecule has 1 saturated heterocycles. The summed E-state index contributed by atoms with van der Waals surface area (Å²) in [5, 5.41) is 3.70. The molecule has 16 heavy (non-hydrogen) atoms. The molecule has 1 rings (SSSR count). The van der Waals surface area contributed by atoms with E-state index in [4.69, 9.17) is 0 Å². The third-order valence-corrected chi connectivity index (χ3v) is 4.43. The maximum absolute atomic E-state index is 3.70. The number of piperidine rings is 1. The van der Waals surface area contributed by atoms with Crippen LogP contribution in [0.25, 0.3) is 0 Å². The molecule has 0 aromatic heterocycles. The lowest BCUT2D eigenvalue weighted by Crippen LogP contribution is -2.55. The molecule has 0 amide bonds. The Morgan fingerprint density at radius 1 is 1.31 bits per heavy atom. The largest absolute Gasteiger partial charge is 0.314 e. The Morgan fingerprint density at radius 2 is 2.00 bits per heavy atom. The first-order valence-corrected chi connectivity index (χ1v) is 7.10. The molecule has 2 heteroatoms. The van der Waals surface area contributed by atoms with Crippen molar-refractivity contribution in [2.75, 3.05) is 13.1 Å². The van der Waals surface area contributed by atoms with Gasteiger partial charge in [0.2, 0.25) is 0 Å². The van der Waals surface area contributed by atoms with E-state index < -0.39 is 0 Å². The predicted molar refractivity (Wildman–Crippen MR) is 71.8 cm³/mol. The number of hydrogen-bond donors (Lipinski definition) is 1. The standard InChI is InChI=1S/C14H30N2/c1-6-9-15-14-8-10-16(11(3)7-2)13(5)12(14)4/h11-15H,6-10H2,1-5H3. The highest BCUT2D eigenvalue weighted by molar-refractivity contribution is 4.90. The van der Waals surface area contributed by atoms with E-state index in [1.54, 1.807) is 0 Å². The van der Waals surface area contributed by atoms with Crippen LogP contribution < -0.4 is 5.32 Å². The molecule has 0 saturated carbocycles. The number of nitrogens with one attached hydrogen (secondary N) is 1. The van der Waals surface area contributed by atoms with Crippen LogP contribution in [0.15, 0.2) is 0 Å². The Balaban J connectivity index is 2.50. The molecular weight excluding hydrogens is 196 g/mol. The van der Waals surface area contributed by atoms with Gasteiger partial charge in [-0.2, -0.15) is 0 Å². The highest BCUT2D eigenvalue weighted by Crippen LogP contribution is 2.26. The van der Waals surface area contributed by atoms with Crippen LogP contribution in [0, 0.1) is 5.92 Å². The van der Waals surface area contributed by atoms with E-state index >= 15 is 0 Å². The lowest BCUT2D eigenvalue weighted by molar-refractivity contribution is 0.0516. The average molecular weight is 226 g/mol. The van der Waals surface area contributed by atoms with Crippen LogP contribution >= 0.6 is 0 Å². The van der Waals surface area contributed by atoms with Crippen LogP contribution in [0.3, 0.4) is 0 Å². The monoisotopic (exact) mass is 226 g/mol. The molecule has 4 atom stereocenters. The number of likely N-dealkylation sites (tertiary alicyclic amines) is 1. The van der Waals surface area contributed by atoms with Crippen molar-refractivity contribution in [3.8, 4) is 0 Å². The molecule has 1 fully saturated rings. The molecule has 0 radical (unpaired) electrons. The Labute approximate surface area is 102 Å². The number of hydrogen-bond acceptors (Lipinski definition) is 2. The normalized spacial score (nSPS) is 33.9. The second-order valence-corrected chi connectivity index (χ2v) is 5.44. The maximum Gasteiger partial charge on any atom is 0.0120 e. The fraction of sp³-hybridized carbons (Fsp3) is 1.00. The zero-order valence-corrected chi connectivity index (χ0v) is 11.8. The molecule has 1 aliphatic heterocycles. The van der Waals surface area contributed by atoms with Gasteiger partial charge in [0.25, 0.3) is 0 Å². The summed E-state index contributed by atoms with van der Waals surface area (Å²) < 4.78 is 0. The van der Waals surface area contributed by atoms with Crippen molar-refractivity contribution in [2.24, 2.45) is 5.92 Å². The quantitative estimate of drug-likeness (QED) is 0.775. The van der Waals surface area contributed by atoms with E-state index in [2.05, 4.69) is 44.8 Å². The maximum atomic E-state index is 3.70. The topological polar surface area (TPSA) is 15.3 Å². The second-order valence-electron chi connectivity index (χ2n) is 5.44. The molecule has 4 unspecified atom stereocenters. The molecule has 0 aromatic rings. The molecule has 0 aromatic carbocycles. The van der Waals surface area contributed by atoms with Crippen molar-refractivity contribution >= 4 is 0 Å². The summed E-state index contributed by atoms with van der Waals surface area (Å²) >= 11 is 0. The zero-order chi connectivity index (χ0) is 12.1. The van der Waals surface area contributed by atoms with Crippen LogP contribution in [0.4, 0.5) is 0 Å². The lowest BCUT2D eigenvalue weighted by atomic mass is 9.86. The van der Waals surface area contributed by atoms with Gasteiger partial charge in [-0.05, 0) is 45.6 Å². The van der Waals surface area contributed by atoms with Gasteiger partial charge in [-0.1, -0.05) is 20.8 Å². The summed E-state index contributed by atoms with van der Waals surface area (Å²) in [6.45, 7) is 14.2. The van der Waals surface area contributed by atoms with Crippen LogP contribution in [0.1, 0.15) is 53.9 Å². The summed E-state index contributed by atoms with van der Waals surface area (Å²) in [6, 6.07) is 2.19. The first-order valence-electron chi connectivity index (χ1n) is 7.10. The summed E-state index contributed by atoms with van der Waals surface area (Å²) in [5.41, 5.74) is 0. The minimum absolute atomic E-state index is 0.720. The summed E-state index contributed by atoms with van der Waals surface area (Å²) in [6.07, 6.45) is 3.83. The van der Waals surface area contributed by atoms with Gasteiger partial charge in [-0.25, -0.2) is 0 Å². The molecule has 0 bridgehead atoms.